The number of rotatable bonds is 6. The fraction of sp³-hybridized carbons (Fsp3) is 0.615. The van der Waals surface area contributed by atoms with Crippen LogP contribution in [0.5, 0.6) is 0 Å². The Balaban J connectivity index is 2.50. The third-order valence-electron chi connectivity index (χ3n) is 2.46. The lowest BCUT2D eigenvalue weighted by molar-refractivity contribution is -0.137. The van der Waals surface area contributed by atoms with Gasteiger partial charge in [0.05, 0.1) is 12.7 Å². The van der Waals surface area contributed by atoms with Crippen molar-refractivity contribution in [3.05, 3.63) is 18.2 Å². The number of ether oxygens (including phenoxy) is 1. The standard InChI is InChI=1S/C13H21N3O4/c1-13(2,3)20-12(19)16-9(6-11(17)18)4-5-10-7-14-8-15-10/h7-9H,4-6H2,1-3H3,(H,14,15)(H,16,19)(H,17,18)/t9-/m0/s1. The predicted molar refractivity (Wildman–Crippen MR) is 72.3 cm³/mol. The first-order chi connectivity index (χ1) is 9.26. The van der Waals surface area contributed by atoms with Gasteiger partial charge in [-0.2, -0.15) is 0 Å². The molecule has 0 spiro atoms. The van der Waals surface area contributed by atoms with E-state index in [4.69, 9.17) is 9.84 Å². The summed E-state index contributed by atoms with van der Waals surface area (Å²) in [7, 11) is 0. The number of hydrogen-bond acceptors (Lipinski definition) is 4. The number of amides is 1. The number of carboxylic acid groups (broad SMARTS) is 1. The number of carbonyl (C=O) groups excluding carboxylic acids is 1. The van der Waals surface area contributed by atoms with Crippen molar-refractivity contribution in [3.63, 3.8) is 0 Å². The Hall–Kier alpha value is -2.05. The molecule has 1 aromatic heterocycles. The molecule has 1 heterocycles. The number of aromatic nitrogens is 2. The minimum absolute atomic E-state index is 0.145. The van der Waals surface area contributed by atoms with Gasteiger partial charge in [-0.25, -0.2) is 9.78 Å². The molecule has 0 radical (unpaired) electrons. The zero-order chi connectivity index (χ0) is 15.2. The SMILES string of the molecule is CC(C)(C)OC(=O)N[C@@H](CCc1cnc[nH]1)CC(=O)O. The largest absolute Gasteiger partial charge is 0.481 e. The Labute approximate surface area is 117 Å². The van der Waals surface area contributed by atoms with Crippen LogP contribution in [0.2, 0.25) is 0 Å². The minimum atomic E-state index is -0.962. The number of H-pyrrole nitrogens is 1. The highest BCUT2D eigenvalue weighted by Gasteiger charge is 2.21. The van der Waals surface area contributed by atoms with Gasteiger partial charge in [0, 0.05) is 17.9 Å². The Morgan fingerprint density at radius 1 is 1.50 bits per heavy atom. The van der Waals surface area contributed by atoms with Gasteiger partial charge in [0.2, 0.25) is 0 Å². The van der Waals surface area contributed by atoms with Gasteiger partial charge < -0.3 is 20.1 Å². The first-order valence-corrected chi connectivity index (χ1v) is 6.45. The van der Waals surface area contributed by atoms with Crippen LogP contribution in [0, 0.1) is 0 Å². The van der Waals surface area contributed by atoms with Crippen molar-refractivity contribution < 1.29 is 19.4 Å². The molecule has 112 valence electrons. The maximum atomic E-state index is 11.7. The number of nitrogens with one attached hydrogen (secondary N) is 2. The summed E-state index contributed by atoms with van der Waals surface area (Å²) in [6.07, 6.45) is 3.58. The van der Waals surface area contributed by atoms with E-state index in [1.165, 1.54) is 0 Å². The first kappa shape index (κ1) is 16.0. The summed E-state index contributed by atoms with van der Waals surface area (Å²) in [5, 5.41) is 11.5. The van der Waals surface area contributed by atoms with E-state index >= 15 is 0 Å². The molecule has 1 aromatic rings. The fourth-order valence-electron chi connectivity index (χ4n) is 1.66. The van der Waals surface area contributed by atoms with Crippen LogP contribution in [-0.2, 0) is 16.0 Å². The molecule has 0 aliphatic heterocycles. The monoisotopic (exact) mass is 283 g/mol. The van der Waals surface area contributed by atoms with E-state index in [1.807, 2.05) is 0 Å². The first-order valence-electron chi connectivity index (χ1n) is 6.45. The lowest BCUT2D eigenvalue weighted by atomic mass is 10.1. The van der Waals surface area contributed by atoms with Crippen LogP contribution in [0.15, 0.2) is 12.5 Å². The summed E-state index contributed by atoms with van der Waals surface area (Å²) >= 11 is 0. The van der Waals surface area contributed by atoms with Gasteiger partial charge in [0.1, 0.15) is 5.60 Å². The van der Waals surface area contributed by atoms with E-state index in [2.05, 4.69) is 15.3 Å². The van der Waals surface area contributed by atoms with Gasteiger partial charge >= 0.3 is 12.1 Å². The summed E-state index contributed by atoms with van der Waals surface area (Å²) in [4.78, 5) is 29.3. The molecule has 0 aromatic carbocycles. The molecule has 1 amide bonds. The Kier molecular flexibility index (Phi) is 5.54. The average Bonchev–Trinajstić information content (AvgIpc) is 2.74. The van der Waals surface area contributed by atoms with Crippen molar-refractivity contribution in [3.8, 4) is 0 Å². The maximum absolute atomic E-state index is 11.7. The highest BCUT2D eigenvalue weighted by molar-refractivity contribution is 5.71. The Bertz CT molecular complexity index is 437. The smallest absolute Gasteiger partial charge is 0.407 e. The highest BCUT2D eigenvalue weighted by atomic mass is 16.6. The molecule has 0 bridgehead atoms. The van der Waals surface area contributed by atoms with Crippen LogP contribution in [0.25, 0.3) is 0 Å². The second kappa shape index (κ2) is 6.93. The maximum Gasteiger partial charge on any atom is 0.407 e. The topological polar surface area (TPSA) is 104 Å². The molecule has 7 heteroatoms. The van der Waals surface area contributed by atoms with Crippen molar-refractivity contribution in [2.45, 2.75) is 51.7 Å². The summed E-state index contributed by atoms with van der Waals surface area (Å²) in [5.74, 6) is -0.962. The van der Waals surface area contributed by atoms with Crippen LogP contribution in [-0.4, -0.2) is 38.8 Å². The molecule has 0 fully saturated rings. The van der Waals surface area contributed by atoms with Crippen molar-refractivity contribution in [2.24, 2.45) is 0 Å². The number of aromatic amines is 1. The molecule has 0 saturated carbocycles. The number of carboxylic acids is 1. The average molecular weight is 283 g/mol. The molecule has 3 N–H and O–H groups in total. The minimum Gasteiger partial charge on any atom is -0.481 e. The van der Waals surface area contributed by atoms with E-state index in [1.54, 1.807) is 33.3 Å². The second-order valence-corrected chi connectivity index (χ2v) is 5.56. The number of aliphatic carboxylic acids is 1. The second-order valence-electron chi connectivity index (χ2n) is 5.56. The molecule has 0 aliphatic carbocycles. The zero-order valence-electron chi connectivity index (χ0n) is 12.0. The molecule has 20 heavy (non-hydrogen) atoms. The molecule has 1 rings (SSSR count). The van der Waals surface area contributed by atoms with Gasteiger partial charge in [-0.15, -0.1) is 0 Å². The van der Waals surface area contributed by atoms with Crippen LogP contribution >= 0.6 is 0 Å². The Morgan fingerprint density at radius 3 is 2.70 bits per heavy atom. The third kappa shape index (κ3) is 6.77. The predicted octanol–water partition coefficient (Wildman–Crippen LogP) is 1.71. The quantitative estimate of drug-likeness (QED) is 0.737. The molecule has 0 aliphatic rings. The number of aryl methyl sites for hydroxylation is 1. The van der Waals surface area contributed by atoms with Crippen molar-refractivity contribution in [1.29, 1.82) is 0 Å². The van der Waals surface area contributed by atoms with Gasteiger partial charge in [0.25, 0.3) is 0 Å². The molecule has 0 unspecified atom stereocenters. The van der Waals surface area contributed by atoms with Crippen molar-refractivity contribution in [2.75, 3.05) is 0 Å². The van der Waals surface area contributed by atoms with E-state index in [0.717, 1.165) is 5.69 Å². The van der Waals surface area contributed by atoms with Crippen LogP contribution in [0.1, 0.15) is 39.3 Å². The molecular weight excluding hydrogens is 262 g/mol. The number of nitrogens with zero attached hydrogens (tertiary/aromatic N) is 1. The number of alkyl carbamates (subject to hydrolysis) is 1. The van der Waals surface area contributed by atoms with E-state index < -0.39 is 23.7 Å². The van der Waals surface area contributed by atoms with Crippen molar-refractivity contribution >= 4 is 12.1 Å². The highest BCUT2D eigenvalue weighted by Crippen LogP contribution is 2.09. The summed E-state index contributed by atoms with van der Waals surface area (Å²) in [5.41, 5.74) is 0.285. The Morgan fingerprint density at radius 2 is 2.20 bits per heavy atom. The van der Waals surface area contributed by atoms with Crippen molar-refractivity contribution in [1.82, 2.24) is 15.3 Å². The number of hydrogen-bond donors (Lipinski definition) is 3. The van der Waals surface area contributed by atoms with Gasteiger partial charge in [-0.3, -0.25) is 4.79 Å². The third-order valence-corrected chi connectivity index (χ3v) is 2.46. The molecule has 1 atom stereocenters. The van der Waals surface area contributed by atoms with E-state index in [-0.39, 0.29) is 6.42 Å². The number of carbonyl (C=O) groups is 2. The lowest BCUT2D eigenvalue weighted by Gasteiger charge is -2.22. The van der Waals surface area contributed by atoms with Gasteiger partial charge in [-0.05, 0) is 33.6 Å². The van der Waals surface area contributed by atoms with E-state index in [0.29, 0.717) is 12.8 Å². The van der Waals surface area contributed by atoms with Gasteiger partial charge in [-0.1, -0.05) is 0 Å². The zero-order valence-corrected chi connectivity index (χ0v) is 12.0. The molecule has 7 nitrogen and oxygen atoms in total. The lowest BCUT2D eigenvalue weighted by Crippen LogP contribution is -2.40. The van der Waals surface area contributed by atoms with Crippen LogP contribution in [0.3, 0.4) is 0 Å². The summed E-state index contributed by atoms with van der Waals surface area (Å²) in [6.45, 7) is 5.26. The van der Waals surface area contributed by atoms with E-state index in [9.17, 15) is 9.59 Å². The summed E-state index contributed by atoms with van der Waals surface area (Å²) < 4.78 is 5.12. The normalized spacial score (nSPS) is 12.8. The fourth-order valence-corrected chi connectivity index (χ4v) is 1.66. The van der Waals surface area contributed by atoms with Crippen LogP contribution < -0.4 is 5.32 Å². The summed E-state index contributed by atoms with van der Waals surface area (Å²) in [6, 6.07) is -0.481. The number of imidazole rings is 1. The van der Waals surface area contributed by atoms with Crippen LogP contribution in [0.4, 0.5) is 4.79 Å². The molecular formula is C13H21N3O4. The van der Waals surface area contributed by atoms with Gasteiger partial charge in [0.15, 0.2) is 0 Å². The molecule has 0 saturated heterocycles.